The van der Waals surface area contributed by atoms with Crippen LogP contribution in [0.5, 0.6) is 0 Å². The lowest BCUT2D eigenvalue weighted by molar-refractivity contribution is 0.0716. The van der Waals surface area contributed by atoms with Gasteiger partial charge in [0.15, 0.2) is 5.67 Å². The van der Waals surface area contributed by atoms with E-state index in [4.69, 9.17) is 10.5 Å². The number of nitrogens with zero attached hydrogens (tertiary/aromatic N) is 2. The molecule has 1 amide bonds. The number of alkyl halides is 1. The Morgan fingerprint density at radius 2 is 2.15 bits per heavy atom. The molecule has 2 aliphatic rings. The van der Waals surface area contributed by atoms with E-state index in [-0.39, 0.29) is 17.7 Å². The number of piperazine rings is 1. The van der Waals surface area contributed by atoms with Gasteiger partial charge in [0.25, 0.3) is 0 Å². The monoisotopic (exact) mass is 283 g/mol. The van der Waals surface area contributed by atoms with Crippen LogP contribution in [0.4, 0.5) is 9.18 Å². The molecule has 2 atom stereocenters. The van der Waals surface area contributed by atoms with E-state index in [1.165, 1.54) is 14.0 Å². The van der Waals surface area contributed by atoms with Gasteiger partial charge in [0.05, 0.1) is 7.11 Å². The van der Waals surface area contributed by atoms with E-state index in [1.54, 1.807) is 11.0 Å². The number of nitrogens with two attached hydrogens (primary N) is 1. The van der Waals surface area contributed by atoms with E-state index >= 15 is 0 Å². The number of ether oxygens (including phenoxy) is 1. The summed E-state index contributed by atoms with van der Waals surface area (Å²) in [5.74, 6) is -0.253. The van der Waals surface area contributed by atoms with Gasteiger partial charge in [-0.05, 0) is 13.0 Å². The zero-order chi connectivity index (χ0) is 14.8. The fourth-order valence-corrected chi connectivity index (χ4v) is 2.60. The molecule has 112 valence electrons. The maximum Gasteiger partial charge on any atom is 0.409 e. The lowest BCUT2D eigenvalue weighted by Crippen LogP contribution is -2.51. The van der Waals surface area contributed by atoms with Crippen molar-refractivity contribution < 1.29 is 13.9 Å². The van der Waals surface area contributed by atoms with Crippen molar-refractivity contribution in [3.05, 3.63) is 23.9 Å². The van der Waals surface area contributed by atoms with Crippen molar-refractivity contribution in [1.82, 2.24) is 9.80 Å². The first-order valence-corrected chi connectivity index (χ1v) is 6.83. The van der Waals surface area contributed by atoms with Crippen molar-refractivity contribution in [1.29, 1.82) is 0 Å². The number of allylic oxidation sites excluding steroid dienone is 3. The first-order valence-electron chi connectivity index (χ1n) is 6.83. The Labute approximate surface area is 118 Å². The molecule has 0 aromatic carbocycles. The van der Waals surface area contributed by atoms with Crippen LogP contribution in [-0.4, -0.2) is 61.4 Å². The Hall–Kier alpha value is -1.56. The standard InChI is InChI=1S/C14H22FN3O2/c1-14(15)11(4-3-5-12(14)16)10-17-6-8-18(9-7-17)13(19)20-2/h3-5,11H,6-10,16H2,1-2H3. The van der Waals surface area contributed by atoms with Crippen molar-refractivity contribution in [3.8, 4) is 0 Å². The van der Waals surface area contributed by atoms with Crippen LogP contribution >= 0.6 is 0 Å². The predicted octanol–water partition coefficient (Wildman–Crippen LogP) is 1.13. The molecule has 1 heterocycles. The molecule has 2 rings (SSSR count). The zero-order valence-corrected chi connectivity index (χ0v) is 12.0. The van der Waals surface area contributed by atoms with E-state index in [0.717, 1.165) is 13.1 Å². The first kappa shape index (κ1) is 14.8. The number of carbonyl (C=O) groups is 1. The average Bonchev–Trinajstić information content (AvgIpc) is 2.44. The summed E-state index contributed by atoms with van der Waals surface area (Å²) in [7, 11) is 1.38. The Morgan fingerprint density at radius 1 is 1.50 bits per heavy atom. The molecule has 1 fully saturated rings. The maximum absolute atomic E-state index is 14.6. The normalized spacial score (nSPS) is 31.1. The summed E-state index contributed by atoms with van der Waals surface area (Å²) >= 11 is 0. The Morgan fingerprint density at radius 3 is 2.75 bits per heavy atom. The first-order chi connectivity index (χ1) is 9.45. The highest BCUT2D eigenvalue weighted by Crippen LogP contribution is 2.32. The van der Waals surface area contributed by atoms with Crippen molar-refractivity contribution in [3.63, 3.8) is 0 Å². The quantitative estimate of drug-likeness (QED) is 0.825. The summed E-state index contributed by atoms with van der Waals surface area (Å²) in [5.41, 5.74) is 4.51. The number of rotatable bonds is 2. The van der Waals surface area contributed by atoms with Gasteiger partial charge in [-0.1, -0.05) is 12.2 Å². The van der Waals surface area contributed by atoms with Gasteiger partial charge in [-0.25, -0.2) is 9.18 Å². The molecule has 2 unspecified atom stereocenters. The molecule has 0 radical (unpaired) electrons. The zero-order valence-electron chi connectivity index (χ0n) is 12.0. The van der Waals surface area contributed by atoms with Crippen LogP contribution in [0.1, 0.15) is 6.92 Å². The molecule has 0 bridgehead atoms. The van der Waals surface area contributed by atoms with Crippen LogP contribution in [0, 0.1) is 5.92 Å². The molecule has 20 heavy (non-hydrogen) atoms. The largest absolute Gasteiger partial charge is 0.453 e. The summed E-state index contributed by atoms with van der Waals surface area (Å²) in [6.07, 6.45) is 4.99. The summed E-state index contributed by atoms with van der Waals surface area (Å²) in [5, 5.41) is 0. The maximum atomic E-state index is 14.6. The molecule has 6 heteroatoms. The number of amides is 1. The third kappa shape index (κ3) is 2.95. The average molecular weight is 283 g/mol. The lowest BCUT2D eigenvalue weighted by Gasteiger charge is -2.38. The van der Waals surface area contributed by atoms with Gasteiger partial charge in [-0.3, -0.25) is 4.90 Å². The minimum atomic E-state index is -1.51. The third-order valence-electron chi connectivity index (χ3n) is 4.14. The lowest BCUT2D eigenvalue weighted by atomic mass is 9.84. The molecule has 1 aliphatic heterocycles. The van der Waals surface area contributed by atoms with E-state index in [2.05, 4.69) is 4.90 Å². The summed E-state index contributed by atoms with van der Waals surface area (Å²) < 4.78 is 19.3. The van der Waals surface area contributed by atoms with Crippen molar-refractivity contribution >= 4 is 6.09 Å². The van der Waals surface area contributed by atoms with Crippen molar-refractivity contribution in [2.45, 2.75) is 12.6 Å². The highest BCUT2D eigenvalue weighted by molar-refractivity contribution is 5.67. The van der Waals surface area contributed by atoms with Crippen molar-refractivity contribution in [2.75, 3.05) is 39.8 Å². The van der Waals surface area contributed by atoms with Crippen LogP contribution in [0.2, 0.25) is 0 Å². The predicted molar refractivity (Wildman–Crippen MR) is 74.8 cm³/mol. The van der Waals surface area contributed by atoms with Gasteiger partial charge >= 0.3 is 6.09 Å². The second-order valence-electron chi connectivity index (χ2n) is 5.45. The third-order valence-corrected chi connectivity index (χ3v) is 4.14. The second-order valence-corrected chi connectivity index (χ2v) is 5.45. The van der Waals surface area contributed by atoms with Crippen LogP contribution in [0.25, 0.3) is 0 Å². The molecule has 1 aliphatic carbocycles. The summed E-state index contributed by atoms with van der Waals surface area (Å²) in [6, 6.07) is 0. The smallest absolute Gasteiger partial charge is 0.409 e. The number of hydrogen-bond donors (Lipinski definition) is 1. The van der Waals surface area contributed by atoms with Crippen LogP contribution < -0.4 is 5.73 Å². The minimum Gasteiger partial charge on any atom is -0.453 e. The van der Waals surface area contributed by atoms with Crippen LogP contribution in [0.3, 0.4) is 0 Å². The van der Waals surface area contributed by atoms with Gasteiger partial charge in [-0.2, -0.15) is 0 Å². The fraction of sp³-hybridized carbons (Fsp3) is 0.643. The Bertz CT molecular complexity index is 426. The highest BCUT2D eigenvalue weighted by Gasteiger charge is 2.38. The van der Waals surface area contributed by atoms with E-state index in [9.17, 15) is 9.18 Å². The molecular weight excluding hydrogens is 261 g/mol. The molecule has 1 saturated heterocycles. The molecule has 0 aromatic rings. The van der Waals surface area contributed by atoms with Gasteiger partial charge in [-0.15, -0.1) is 0 Å². The van der Waals surface area contributed by atoms with Gasteiger partial charge in [0.2, 0.25) is 0 Å². The minimum absolute atomic E-state index is 0.253. The van der Waals surface area contributed by atoms with Crippen molar-refractivity contribution in [2.24, 2.45) is 11.7 Å². The number of carbonyl (C=O) groups excluding carboxylic acids is 1. The fourth-order valence-electron chi connectivity index (χ4n) is 2.60. The second kappa shape index (κ2) is 5.83. The van der Waals surface area contributed by atoms with Crippen LogP contribution in [-0.2, 0) is 4.74 Å². The van der Waals surface area contributed by atoms with Gasteiger partial charge < -0.3 is 15.4 Å². The Kier molecular flexibility index (Phi) is 4.32. The molecule has 0 aromatic heterocycles. The molecule has 2 N–H and O–H groups in total. The molecule has 0 saturated carbocycles. The van der Waals surface area contributed by atoms with E-state index in [1.807, 2.05) is 12.2 Å². The molecular formula is C14H22FN3O2. The topological polar surface area (TPSA) is 58.8 Å². The van der Waals surface area contributed by atoms with Gasteiger partial charge in [0, 0.05) is 44.3 Å². The number of hydrogen-bond acceptors (Lipinski definition) is 4. The number of methoxy groups -OCH3 is 1. The molecule has 0 spiro atoms. The molecule has 5 nitrogen and oxygen atoms in total. The summed E-state index contributed by atoms with van der Waals surface area (Å²) in [6.45, 7) is 4.79. The Balaban J connectivity index is 1.89. The van der Waals surface area contributed by atoms with E-state index < -0.39 is 5.67 Å². The van der Waals surface area contributed by atoms with E-state index in [0.29, 0.717) is 19.6 Å². The SMILES string of the molecule is COC(=O)N1CCN(CC2C=CC=C(N)C2(C)F)CC1. The van der Waals surface area contributed by atoms with Gasteiger partial charge in [0.1, 0.15) is 0 Å². The summed E-state index contributed by atoms with van der Waals surface area (Å²) in [4.78, 5) is 15.2. The number of halogens is 1. The van der Waals surface area contributed by atoms with Crippen LogP contribution in [0.15, 0.2) is 23.9 Å². The highest BCUT2D eigenvalue weighted by atomic mass is 19.1.